The maximum absolute atomic E-state index is 12.0. The second-order valence-corrected chi connectivity index (χ2v) is 12.5. The Kier molecular flexibility index (Phi) is 5.29. The maximum atomic E-state index is 12.0. The molecule has 0 spiro atoms. The molecule has 3 rings (SSSR count). The number of nitriles is 1. The normalized spacial score (nSPS) is 13.9. The molecule has 0 fully saturated rings. The van der Waals surface area contributed by atoms with E-state index in [4.69, 9.17) is 5.73 Å². The molecule has 0 amide bonds. The van der Waals surface area contributed by atoms with Crippen LogP contribution in [0.3, 0.4) is 0 Å². The molecule has 0 radical (unpaired) electrons. The molecule has 0 atom stereocenters. The third-order valence-electron chi connectivity index (χ3n) is 4.05. The minimum absolute atomic E-state index is 0.291. The topological polar surface area (TPSA) is 79.8 Å². The predicted molar refractivity (Wildman–Crippen MR) is 97.0 cm³/mol. The van der Waals surface area contributed by atoms with Gasteiger partial charge in [-0.25, -0.2) is 0 Å². The molecule has 4 nitrogen and oxygen atoms in total. The Hall–Kier alpha value is -2.16. The molecule has 116 valence electrons. The van der Waals surface area contributed by atoms with Crippen LogP contribution in [0.25, 0.3) is 16.8 Å². The molecule has 1 aromatic carbocycles. The number of nitrogens with two attached hydrogens (primary N) is 1. The van der Waals surface area contributed by atoms with E-state index in [0.29, 0.717) is 22.1 Å². The number of benzene rings is 1. The molecule has 2 heterocycles. The number of carbonyl (C=O) groups is 1. The predicted octanol–water partition coefficient (Wildman–Crippen LogP) is 2.67. The summed E-state index contributed by atoms with van der Waals surface area (Å²) in [6.07, 6.45) is 7.82. The Labute approximate surface area is 148 Å². The molecule has 1 aliphatic rings. The van der Waals surface area contributed by atoms with E-state index >= 15 is 0 Å². The van der Waals surface area contributed by atoms with Gasteiger partial charge in [0.2, 0.25) is 0 Å². The Morgan fingerprint density at radius 1 is 1.38 bits per heavy atom. The summed E-state index contributed by atoms with van der Waals surface area (Å²) in [5.41, 5.74) is 7.91. The van der Waals surface area contributed by atoms with Crippen LogP contribution in [0.1, 0.15) is 12.0 Å². The van der Waals surface area contributed by atoms with Gasteiger partial charge in [0.05, 0.1) is 0 Å². The van der Waals surface area contributed by atoms with E-state index < -0.39 is 21.4 Å². The number of rotatable bonds is 5. The Morgan fingerprint density at radius 3 is 3.04 bits per heavy atom. The molecular weight excluding hydrogens is 401 g/mol. The monoisotopic (exact) mass is 417 g/mol. The van der Waals surface area contributed by atoms with Crippen LogP contribution in [0.15, 0.2) is 61.5 Å². The molecule has 0 aliphatic carbocycles. The SMILES string of the molecule is N#C/C(=C\c1cccc2cnccc12)C1=[CH][In]([C](=O)CCN)[CH]=C1. The van der Waals surface area contributed by atoms with E-state index in [-0.39, 0.29) is 0 Å². The van der Waals surface area contributed by atoms with Crippen molar-refractivity contribution in [3.8, 4) is 6.07 Å². The van der Waals surface area contributed by atoms with Crippen molar-refractivity contribution in [1.82, 2.24) is 4.98 Å². The van der Waals surface area contributed by atoms with Crippen molar-refractivity contribution >= 4 is 41.8 Å². The number of pyridine rings is 1. The quantitative estimate of drug-likeness (QED) is 0.759. The fourth-order valence-corrected chi connectivity index (χ4v) is 8.81. The number of hydrogen-bond acceptors (Lipinski definition) is 4. The van der Waals surface area contributed by atoms with Gasteiger partial charge in [0.25, 0.3) is 0 Å². The molecule has 1 aromatic heterocycles. The fraction of sp³-hybridized carbons (Fsp3) is 0.105. The molecule has 0 bridgehead atoms. The summed E-state index contributed by atoms with van der Waals surface area (Å²) in [5.74, 6) is 0. The molecule has 1 aliphatic heterocycles. The zero-order valence-corrected chi connectivity index (χ0v) is 16.4. The van der Waals surface area contributed by atoms with Crippen LogP contribution in [0.2, 0.25) is 0 Å². The van der Waals surface area contributed by atoms with Crippen molar-refractivity contribution in [3.63, 3.8) is 0 Å². The zero-order chi connectivity index (χ0) is 16.9. The van der Waals surface area contributed by atoms with Crippen LogP contribution < -0.4 is 5.73 Å². The molecule has 2 N–H and O–H groups in total. The Bertz CT molecular complexity index is 916. The van der Waals surface area contributed by atoms with Gasteiger partial charge in [-0.05, 0) is 0 Å². The fourth-order valence-electron chi connectivity index (χ4n) is 2.81. The number of hydrogen-bond donors (Lipinski definition) is 1. The zero-order valence-electron chi connectivity index (χ0n) is 13.1. The summed E-state index contributed by atoms with van der Waals surface area (Å²) in [5, 5.41) is 11.7. The first kappa shape index (κ1) is 16.7. The third kappa shape index (κ3) is 3.50. The van der Waals surface area contributed by atoms with Gasteiger partial charge >= 0.3 is 149 Å². The Balaban J connectivity index is 1.96. The third-order valence-corrected chi connectivity index (χ3v) is 10.8. The van der Waals surface area contributed by atoms with Crippen molar-refractivity contribution in [2.75, 3.05) is 6.54 Å². The number of carbonyl (C=O) groups excluding carboxylic acids is 1. The molecule has 0 saturated heterocycles. The molecule has 0 unspecified atom stereocenters. The molecule has 2 aromatic rings. The molecule has 0 saturated carbocycles. The van der Waals surface area contributed by atoms with Gasteiger partial charge in [-0.3, -0.25) is 0 Å². The first-order valence-corrected chi connectivity index (χ1v) is 13.3. The number of nitrogens with zero attached hydrogens (tertiary/aromatic N) is 2. The van der Waals surface area contributed by atoms with Crippen molar-refractivity contribution < 1.29 is 4.79 Å². The summed E-state index contributed by atoms with van der Waals surface area (Å²) >= 11 is -2.49. The van der Waals surface area contributed by atoms with Gasteiger partial charge in [-0.15, -0.1) is 0 Å². The molecule has 24 heavy (non-hydrogen) atoms. The van der Waals surface area contributed by atoms with E-state index in [2.05, 4.69) is 11.1 Å². The second-order valence-electron chi connectivity index (χ2n) is 5.63. The standard InChI is InChI=1S/C16H10N2.C3H6NO.In/c1-3-12(2)15(10-17)9-13-5-4-6-14-11-18-8-7-16(13)14;4-2-1-3-5;/h1-9,11H;1-2,4H2;/b3-1?,12-2?,15-9+;;. The van der Waals surface area contributed by atoms with E-state index in [9.17, 15) is 10.1 Å². The van der Waals surface area contributed by atoms with Crippen LogP contribution >= 0.6 is 0 Å². The van der Waals surface area contributed by atoms with Crippen molar-refractivity contribution in [3.05, 3.63) is 67.1 Å². The number of fused-ring (bicyclic) bond motifs is 1. The summed E-state index contributed by atoms with van der Waals surface area (Å²) in [6, 6.07) is 10.2. The van der Waals surface area contributed by atoms with E-state index in [1.165, 1.54) is 0 Å². The first-order chi connectivity index (χ1) is 11.7. The number of allylic oxidation sites excluding steroid dienone is 3. The van der Waals surface area contributed by atoms with Gasteiger partial charge in [0, 0.05) is 0 Å². The Morgan fingerprint density at radius 2 is 2.25 bits per heavy atom. The minimum atomic E-state index is -2.49. The van der Waals surface area contributed by atoms with Crippen LogP contribution in [0, 0.1) is 11.3 Å². The first-order valence-electron chi connectivity index (χ1n) is 7.80. The van der Waals surface area contributed by atoms with Crippen LogP contribution in [0.5, 0.6) is 0 Å². The van der Waals surface area contributed by atoms with Gasteiger partial charge in [-0.2, -0.15) is 0 Å². The average molecular weight is 417 g/mol. The summed E-state index contributed by atoms with van der Waals surface area (Å²) < 4.78 is 4.37. The molecule has 5 heteroatoms. The summed E-state index contributed by atoms with van der Waals surface area (Å²) in [6.45, 7) is 0.397. The van der Waals surface area contributed by atoms with Crippen LogP contribution in [0.4, 0.5) is 0 Å². The van der Waals surface area contributed by atoms with Gasteiger partial charge in [0.15, 0.2) is 0 Å². The van der Waals surface area contributed by atoms with Gasteiger partial charge < -0.3 is 0 Å². The van der Waals surface area contributed by atoms with Crippen molar-refractivity contribution in [1.29, 1.82) is 5.26 Å². The number of aromatic nitrogens is 1. The van der Waals surface area contributed by atoms with Gasteiger partial charge in [-0.1, -0.05) is 0 Å². The molecular formula is C19H16InN3O. The van der Waals surface area contributed by atoms with Crippen LogP contribution in [-0.4, -0.2) is 36.5 Å². The second kappa shape index (κ2) is 7.61. The summed E-state index contributed by atoms with van der Waals surface area (Å²) in [4.78, 5) is 16.2. The summed E-state index contributed by atoms with van der Waals surface area (Å²) in [7, 11) is 0. The van der Waals surface area contributed by atoms with Gasteiger partial charge in [0.1, 0.15) is 0 Å². The van der Waals surface area contributed by atoms with E-state index in [1.54, 1.807) is 6.20 Å². The van der Waals surface area contributed by atoms with Crippen LogP contribution in [-0.2, 0) is 4.79 Å². The van der Waals surface area contributed by atoms with Crippen molar-refractivity contribution in [2.24, 2.45) is 5.73 Å². The average Bonchev–Trinajstić information content (AvgIpc) is 3.10. The van der Waals surface area contributed by atoms with Crippen molar-refractivity contribution in [2.45, 2.75) is 6.42 Å². The van der Waals surface area contributed by atoms with E-state index in [0.717, 1.165) is 21.9 Å². The van der Waals surface area contributed by atoms with E-state index in [1.807, 2.05) is 50.3 Å².